The fourth-order valence-electron chi connectivity index (χ4n) is 2.19. The zero-order valence-electron chi connectivity index (χ0n) is 13.2. The van der Waals surface area contributed by atoms with Crippen molar-refractivity contribution in [3.05, 3.63) is 0 Å². The molecule has 0 aliphatic rings. The molecule has 0 spiro atoms. The van der Waals surface area contributed by atoms with Gasteiger partial charge in [0.1, 0.15) is 0 Å². The molecule has 0 bridgehead atoms. The molecule has 1 unspecified atom stereocenters. The lowest BCUT2D eigenvalue weighted by Gasteiger charge is -2.37. The Morgan fingerprint density at radius 3 is 1.38 bits per heavy atom. The normalized spacial score (nSPS) is 16.3. The standard InChI is InChI=1S/C16H34/c1-14(2,3)11-10-13(16(7,8)9)12-15(4,5)6/h13H,10-12H2,1-9H3. The first kappa shape index (κ1) is 16.0. The van der Waals surface area contributed by atoms with Crippen molar-refractivity contribution in [2.45, 2.75) is 81.6 Å². The Hall–Kier alpha value is 0. The van der Waals surface area contributed by atoms with Gasteiger partial charge >= 0.3 is 0 Å². The van der Waals surface area contributed by atoms with Gasteiger partial charge in [0.05, 0.1) is 0 Å². The van der Waals surface area contributed by atoms with E-state index in [1.807, 2.05) is 0 Å². The fraction of sp³-hybridized carbons (Fsp3) is 1.00. The van der Waals surface area contributed by atoms with E-state index in [1.54, 1.807) is 0 Å². The van der Waals surface area contributed by atoms with E-state index in [0.717, 1.165) is 5.92 Å². The molecular weight excluding hydrogens is 192 g/mol. The van der Waals surface area contributed by atoms with Gasteiger partial charge in [-0.25, -0.2) is 0 Å². The van der Waals surface area contributed by atoms with E-state index in [4.69, 9.17) is 0 Å². The third kappa shape index (κ3) is 8.19. The third-order valence-electron chi connectivity index (χ3n) is 3.33. The lowest BCUT2D eigenvalue weighted by molar-refractivity contribution is 0.138. The predicted octanol–water partition coefficient (Wildman–Crippen LogP) is 5.91. The second-order valence-corrected chi connectivity index (χ2v) is 8.93. The van der Waals surface area contributed by atoms with Crippen LogP contribution in [0.4, 0.5) is 0 Å². The van der Waals surface area contributed by atoms with Crippen LogP contribution in [0.25, 0.3) is 0 Å². The zero-order valence-corrected chi connectivity index (χ0v) is 13.2. The monoisotopic (exact) mass is 226 g/mol. The Morgan fingerprint density at radius 2 is 1.12 bits per heavy atom. The van der Waals surface area contributed by atoms with E-state index in [0.29, 0.717) is 16.2 Å². The van der Waals surface area contributed by atoms with Crippen molar-refractivity contribution in [2.75, 3.05) is 0 Å². The average Bonchev–Trinajstić information content (AvgIpc) is 1.91. The van der Waals surface area contributed by atoms with E-state index < -0.39 is 0 Å². The quantitative estimate of drug-likeness (QED) is 0.561. The van der Waals surface area contributed by atoms with Crippen molar-refractivity contribution < 1.29 is 0 Å². The minimum Gasteiger partial charge on any atom is -0.0602 e. The molecule has 0 saturated carbocycles. The molecule has 0 nitrogen and oxygen atoms in total. The summed E-state index contributed by atoms with van der Waals surface area (Å²) in [6, 6.07) is 0. The summed E-state index contributed by atoms with van der Waals surface area (Å²) in [6.45, 7) is 21.3. The smallest absolute Gasteiger partial charge is 0.0354 e. The molecule has 0 saturated heterocycles. The Labute approximate surface area is 104 Å². The summed E-state index contributed by atoms with van der Waals surface area (Å²) in [4.78, 5) is 0. The number of rotatable bonds is 3. The summed E-state index contributed by atoms with van der Waals surface area (Å²) >= 11 is 0. The highest BCUT2D eigenvalue weighted by atomic mass is 14.3. The highest BCUT2D eigenvalue weighted by Crippen LogP contribution is 2.40. The predicted molar refractivity (Wildman–Crippen MR) is 75.7 cm³/mol. The van der Waals surface area contributed by atoms with Gasteiger partial charge in [-0.2, -0.15) is 0 Å². The van der Waals surface area contributed by atoms with Crippen LogP contribution in [0, 0.1) is 22.2 Å². The van der Waals surface area contributed by atoms with Gasteiger partial charge in [-0.3, -0.25) is 0 Å². The van der Waals surface area contributed by atoms with Crippen LogP contribution in [0.1, 0.15) is 81.6 Å². The average molecular weight is 226 g/mol. The van der Waals surface area contributed by atoms with Gasteiger partial charge in [0.2, 0.25) is 0 Å². The summed E-state index contributed by atoms with van der Waals surface area (Å²) < 4.78 is 0. The minimum absolute atomic E-state index is 0.443. The van der Waals surface area contributed by atoms with Crippen molar-refractivity contribution in [1.82, 2.24) is 0 Å². The van der Waals surface area contributed by atoms with Crippen molar-refractivity contribution in [1.29, 1.82) is 0 Å². The van der Waals surface area contributed by atoms with E-state index in [1.165, 1.54) is 19.3 Å². The molecule has 0 aromatic heterocycles. The van der Waals surface area contributed by atoms with Crippen LogP contribution in [-0.4, -0.2) is 0 Å². The van der Waals surface area contributed by atoms with Crippen LogP contribution >= 0.6 is 0 Å². The van der Waals surface area contributed by atoms with E-state index in [-0.39, 0.29) is 0 Å². The molecule has 0 aromatic rings. The molecule has 1 atom stereocenters. The molecule has 0 amide bonds. The number of hydrogen-bond acceptors (Lipinski definition) is 0. The van der Waals surface area contributed by atoms with Crippen LogP contribution in [-0.2, 0) is 0 Å². The van der Waals surface area contributed by atoms with E-state index >= 15 is 0 Å². The summed E-state index contributed by atoms with van der Waals surface area (Å²) in [5.41, 5.74) is 1.37. The highest BCUT2D eigenvalue weighted by molar-refractivity contribution is 4.80. The van der Waals surface area contributed by atoms with Crippen LogP contribution < -0.4 is 0 Å². The SMILES string of the molecule is CC(C)(C)CCC(CC(C)(C)C)C(C)(C)C. The Balaban J connectivity index is 4.47. The van der Waals surface area contributed by atoms with Gasteiger partial charge in [-0.15, -0.1) is 0 Å². The second-order valence-electron chi connectivity index (χ2n) is 8.93. The topological polar surface area (TPSA) is 0 Å². The van der Waals surface area contributed by atoms with Crippen LogP contribution in [0.3, 0.4) is 0 Å². The molecule has 16 heavy (non-hydrogen) atoms. The van der Waals surface area contributed by atoms with Gasteiger partial charge in [0.25, 0.3) is 0 Å². The largest absolute Gasteiger partial charge is 0.0602 e. The summed E-state index contributed by atoms with van der Waals surface area (Å²) in [5.74, 6) is 0.840. The Kier molecular flexibility index (Phi) is 5.10. The van der Waals surface area contributed by atoms with Crippen molar-refractivity contribution >= 4 is 0 Å². The molecule has 0 fully saturated rings. The summed E-state index contributed by atoms with van der Waals surface area (Å²) in [6.07, 6.45) is 4.04. The van der Waals surface area contributed by atoms with Crippen molar-refractivity contribution in [3.8, 4) is 0 Å². The first-order valence-electron chi connectivity index (χ1n) is 6.81. The maximum Gasteiger partial charge on any atom is -0.0354 e. The molecule has 0 aliphatic carbocycles. The van der Waals surface area contributed by atoms with Crippen LogP contribution in [0.15, 0.2) is 0 Å². The van der Waals surface area contributed by atoms with Crippen molar-refractivity contribution in [2.24, 2.45) is 22.2 Å². The van der Waals surface area contributed by atoms with Crippen LogP contribution in [0.2, 0.25) is 0 Å². The minimum atomic E-state index is 0.443. The van der Waals surface area contributed by atoms with Gasteiger partial charge in [-0.05, 0) is 41.4 Å². The molecule has 0 heterocycles. The van der Waals surface area contributed by atoms with E-state index in [2.05, 4.69) is 62.3 Å². The molecule has 0 aliphatic heterocycles. The van der Waals surface area contributed by atoms with E-state index in [9.17, 15) is 0 Å². The lowest BCUT2D eigenvalue weighted by atomic mass is 9.69. The molecule has 0 radical (unpaired) electrons. The van der Waals surface area contributed by atoms with Crippen LogP contribution in [0.5, 0.6) is 0 Å². The molecule has 0 heteroatoms. The maximum atomic E-state index is 2.39. The fourth-order valence-corrected chi connectivity index (χ4v) is 2.19. The molecule has 0 N–H and O–H groups in total. The summed E-state index contributed by atoms with van der Waals surface area (Å²) in [7, 11) is 0. The zero-order chi connectivity index (χ0) is 13.2. The van der Waals surface area contributed by atoms with Gasteiger partial charge in [0, 0.05) is 0 Å². The summed E-state index contributed by atoms with van der Waals surface area (Å²) in [5, 5.41) is 0. The lowest BCUT2D eigenvalue weighted by Crippen LogP contribution is -2.26. The maximum absolute atomic E-state index is 2.39. The van der Waals surface area contributed by atoms with Gasteiger partial charge in [0.15, 0.2) is 0 Å². The first-order chi connectivity index (χ1) is 6.81. The molecule has 0 aromatic carbocycles. The third-order valence-corrected chi connectivity index (χ3v) is 3.33. The Bertz CT molecular complexity index is 192. The molecular formula is C16H34. The molecule has 0 rings (SSSR count). The Morgan fingerprint density at radius 1 is 0.688 bits per heavy atom. The van der Waals surface area contributed by atoms with Crippen molar-refractivity contribution in [3.63, 3.8) is 0 Å². The van der Waals surface area contributed by atoms with Gasteiger partial charge in [-0.1, -0.05) is 62.3 Å². The second kappa shape index (κ2) is 5.10. The molecule has 98 valence electrons. The number of hydrogen-bond donors (Lipinski definition) is 0. The first-order valence-corrected chi connectivity index (χ1v) is 6.81. The highest BCUT2D eigenvalue weighted by Gasteiger charge is 2.29. The van der Waals surface area contributed by atoms with Gasteiger partial charge < -0.3 is 0 Å².